The molecule has 0 bridgehead atoms. The number of carbonyl (C=O) groups is 2. The molecule has 0 atom stereocenters. The summed E-state index contributed by atoms with van der Waals surface area (Å²) in [6, 6.07) is 0. The molecule has 0 rings (SSSR count). The molecule has 0 aliphatic carbocycles. The first-order chi connectivity index (χ1) is 19.3. The molecule has 0 aliphatic rings. The van der Waals surface area contributed by atoms with Gasteiger partial charge in [0.1, 0.15) is 6.10 Å². The summed E-state index contributed by atoms with van der Waals surface area (Å²) in [5, 5.41) is 41.0. The van der Waals surface area contributed by atoms with E-state index >= 15 is 0 Å². The smallest absolute Gasteiger partial charge is 0.303 e. The van der Waals surface area contributed by atoms with E-state index in [2.05, 4.69) is 13.8 Å². The number of aliphatic carboxylic acids is 2. The monoisotopic (exact) mass is 576 g/mol. The van der Waals surface area contributed by atoms with E-state index in [4.69, 9.17) is 25.5 Å². The molecule has 0 amide bonds. The Morgan fingerprint density at radius 2 is 0.625 bits per heavy atom. The van der Waals surface area contributed by atoms with Crippen LogP contribution in [-0.2, 0) is 9.59 Å². The molecule has 7 nitrogen and oxygen atoms in total. The lowest BCUT2D eigenvalue weighted by Gasteiger charge is -2.02. The third-order valence-corrected chi connectivity index (χ3v) is 6.91. The van der Waals surface area contributed by atoms with Crippen molar-refractivity contribution in [3.63, 3.8) is 0 Å². The van der Waals surface area contributed by atoms with Crippen LogP contribution in [0, 0.1) is 0 Å². The molecule has 0 saturated carbocycles. The number of rotatable bonds is 28. The maximum absolute atomic E-state index is 10.3. The topological polar surface area (TPSA) is 135 Å². The molecule has 0 unspecified atom stereocenters. The number of hydrogen-bond donors (Lipinski definition) is 5. The van der Waals surface area contributed by atoms with Crippen molar-refractivity contribution < 1.29 is 35.1 Å². The van der Waals surface area contributed by atoms with E-state index in [9.17, 15) is 9.59 Å². The molecule has 5 N–H and O–H groups in total. The summed E-state index contributed by atoms with van der Waals surface area (Å²) >= 11 is 0. The van der Waals surface area contributed by atoms with Crippen molar-refractivity contribution in [2.24, 2.45) is 0 Å². The van der Waals surface area contributed by atoms with Crippen LogP contribution in [0.2, 0.25) is 0 Å². The number of hydrogen-bond acceptors (Lipinski definition) is 5. The quantitative estimate of drug-likeness (QED) is 0.0588. The first kappa shape index (κ1) is 43.3. The third kappa shape index (κ3) is 49.7. The van der Waals surface area contributed by atoms with Crippen LogP contribution in [0.5, 0.6) is 0 Å². The maximum atomic E-state index is 10.3. The van der Waals surface area contributed by atoms with Crippen molar-refractivity contribution in [3.8, 4) is 0 Å². The van der Waals surface area contributed by atoms with Crippen LogP contribution < -0.4 is 0 Å². The number of aliphatic hydroxyl groups excluding tert-OH is 3. The number of carboxylic acid groups (broad SMARTS) is 2. The van der Waals surface area contributed by atoms with Crippen molar-refractivity contribution in [2.45, 2.75) is 187 Å². The van der Waals surface area contributed by atoms with Gasteiger partial charge in [0.15, 0.2) is 0 Å². The standard InChI is InChI=1S/2C15H30O2.C3H8O3/c2*1-2-3-4-5-6-7-8-9-10-11-12-13-14-15(16)17;4-1-3(6)2-5/h2*2-14H2,1H3,(H,16,17);3-6H,1-2H2. The van der Waals surface area contributed by atoms with Gasteiger partial charge in [0.05, 0.1) is 13.2 Å². The van der Waals surface area contributed by atoms with E-state index in [1.165, 1.54) is 128 Å². The summed E-state index contributed by atoms with van der Waals surface area (Å²) in [6.07, 6.45) is 30.7. The van der Waals surface area contributed by atoms with E-state index in [1.54, 1.807) is 0 Å². The van der Waals surface area contributed by atoms with Gasteiger partial charge in [0.25, 0.3) is 0 Å². The average molecular weight is 577 g/mol. The Morgan fingerprint density at radius 1 is 0.425 bits per heavy atom. The van der Waals surface area contributed by atoms with Gasteiger partial charge < -0.3 is 25.5 Å². The molecule has 0 saturated heterocycles. The molecular formula is C33H68O7. The summed E-state index contributed by atoms with van der Waals surface area (Å²) in [6.45, 7) is 3.78. The molecule has 0 radical (unpaired) electrons. The normalized spacial score (nSPS) is 10.6. The first-order valence-corrected chi connectivity index (χ1v) is 16.7. The van der Waals surface area contributed by atoms with Crippen molar-refractivity contribution in [2.75, 3.05) is 13.2 Å². The van der Waals surface area contributed by atoms with Crippen molar-refractivity contribution >= 4 is 11.9 Å². The van der Waals surface area contributed by atoms with Crippen LogP contribution in [0.15, 0.2) is 0 Å². The fraction of sp³-hybridized carbons (Fsp3) is 0.939. The Hall–Kier alpha value is -1.18. The predicted molar refractivity (Wildman–Crippen MR) is 167 cm³/mol. The summed E-state index contributed by atoms with van der Waals surface area (Å²) in [7, 11) is 0. The summed E-state index contributed by atoms with van der Waals surface area (Å²) in [5.74, 6) is -1.31. The fourth-order valence-electron chi connectivity index (χ4n) is 4.29. The van der Waals surface area contributed by atoms with Gasteiger partial charge in [-0.3, -0.25) is 9.59 Å². The highest BCUT2D eigenvalue weighted by Crippen LogP contribution is 2.13. The summed E-state index contributed by atoms with van der Waals surface area (Å²) in [5.41, 5.74) is 0. The molecular weight excluding hydrogens is 508 g/mol. The van der Waals surface area contributed by atoms with Crippen molar-refractivity contribution in [1.82, 2.24) is 0 Å². The minimum atomic E-state index is -0.954. The second-order valence-corrected chi connectivity index (χ2v) is 11.1. The van der Waals surface area contributed by atoms with Gasteiger partial charge in [-0.15, -0.1) is 0 Å². The Kier molecular flexibility index (Phi) is 43.2. The molecule has 7 heteroatoms. The van der Waals surface area contributed by atoms with E-state index in [-0.39, 0.29) is 13.2 Å². The highest BCUT2D eigenvalue weighted by molar-refractivity contribution is 5.66. The number of carboxylic acids is 2. The molecule has 0 spiro atoms. The lowest BCUT2D eigenvalue weighted by Crippen LogP contribution is -2.15. The van der Waals surface area contributed by atoms with Gasteiger partial charge in [0, 0.05) is 12.8 Å². The van der Waals surface area contributed by atoms with E-state index in [1.807, 2.05) is 0 Å². The largest absolute Gasteiger partial charge is 0.481 e. The molecule has 0 aromatic heterocycles. The van der Waals surface area contributed by atoms with E-state index in [0.29, 0.717) is 12.8 Å². The average Bonchev–Trinajstić information content (AvgIpc) is 2.94. The zero-order valence-corrected chi connectivity index (χ0v) is 26.4. The van der Waals surface area contributed by atoms with E-state index in [0.717, 1.165) is 25.7 Å². The molecule has 0 aromatic rings. The Balaban J connectivity index is -0.000000569. The minimum Gasteiger partial charge on any atom is -0.481 e. The SMILES string of the molecule is CCCCCCCCCCCCCCC(=O)O.CCCCCCCCCCCCCCC(=O)O.OCC(O)CO. The molecule has 0 aromatic carbocycles. The fourth-order valence-corrected chi connectivity index (χ4v) is 4.29. The zero-order chi connectivity index (χ0) is 30.5. The van der Waals surface area contributed by atoms with Crippen molar-refractivity contribution in [3.05, 3.63) is 0 Å². The predicted octanol–water partition coefficient (Wildman–Crippen LogP) is 8.66. The minimum absolute atomic E-state index is 0.345. The van der Waals surface area contributed by atoms with Gasteiger partial charge in [-0.25, -0.2) is 0 Å². The van der Waals surface area contributed by atoms with Crippen LogP contribution in [0.3, 0.4) is 0 Å². The van der Waals surface area contributed by atoms with Gasteiger partial charge >= 0.3 is 11.9 Å². The molecule has 0 fully saturated rings. The van der Waals surface area contributed by atoms with Gasteiger partial charge in [0.2, 0.25) is 0 Å². The molecule has 0 heterocycles. The van der Waals surface area contributed by atoms with Crippen molar-refractivity contribution in [1.29, 1.82) is 0 Å². The van der Waals surface area contributed by atoms with Crippen LogP contribution in [0.1, 0.15) is 181 Å². The van der Waals surface area contributed by atoms with Crippen LogP contribution in [0.4, 0.5) is 0 Å². The van der Waals surface area contributed by atoms with Gasteiger partial charge in [-0.05, 0) is 12.8 Å². The lowest BCUT2D eigenvalue weighted by molar-refractivity contribution is -0.138. The second-order valence-electron chi connectivity index (χ2n) is 11.1. The Morgan fingerprint density at radius 3 is 0.775 bits per heavy atom. The van der Waals surface area contributed by atoms with E-state index < -0.39 is 18.0 Å². The first-order valence-electron chi connectivity index (χ1n) is 16.7. The molecule has 0 aliphatic heterocycles. The van der Waals surface area contributed by atoms with Crippen LogP contribution in [0.25, 0.3) is 0 Å². The number of unbranched alkanes of at least 4 members (excludes halogenated alkanes) is 22. The molecule has 40 heavy (non-hydrogen) atoms. The third-order valence-electron chi connectivity index (χ3n) is 6.91. The van der Waals surface area contributed by atoms with Crippen LogP contribution in [-0.4, -0.2) is 56.8 Å². The highest BCUT2D eigenvalue weighted by atomic mass is 16.4. The lowest BCUT2D eigenvalue weighted by atomic mass is 10.0. The summed E-state index contributed by atoms with van der Waals surface area (Å²) in [4.78, 5) is 20.6. The summed E-state index contributed by atoms with van der Waals surface area (Å²) < 4.78 is 0. The number of aliphatic hydroxyl groups is 3. The Labute approximate surface area is 247 Å². The maximum Gasteiger partial charge on any atom is 0.303 e. The second kappa shape index (κ2) is 40.0. The van der Waals surface area contributed by atoms with Crippen LogP contribution >= 0.6 is 0 Å². The highest BCUT2D eigenvalue weighted by Gasteiger charge is 1.98. The Bertz CT molecular complexity index is 443. The van der Waals surface area contributed by atoms with Gasteiger partial charge in [-0.1, -0.05) is 155 Å². The van der Waals surface area contributed by atoms with Gasteiger partial charge in [-0.2, -0.15) is 0 Å². The zero-order valence-electron chi connectivity index (χ0n) is 26.4. The molecule has 242 valence electrons.